The van der Waals surface area contributed by atoms with E-state index in [2.05, 4.69) is 12.2 Å². The van der Waals surface area contributed by atoms with Crippen LogP contribution in [0.15, 0.2) is 18.2 Å². The molecule has 1 atom stereocenters. The molecule has 1 aromatic carbocycles. The molecular weight excluding hydrogens is 250 g/mol. The van der Waals surface area contributed by atoms with E-state index in [4.69, 9.17) is 0 Å². The summed E-state index contributed by atoms with van der Waals surface area (Å²) in [7, 11) is 1.87. The van der Waals surface area contributed by atoms with Gasteiger partial charge in [0.15, 0.2) is 0 Å². The first-order chi connectivity index (χ1) is 8.97. The van der Waals surface area contributed by atoms with Crippen molar-refractivity contribution in [3.05, 3.63) is 29.8 Å². The van der Waals surface area contributed by atoms with E-state index in [1.54, 1.807) is 0 Å². The number of likely N-dealkylation sites (N-methyl/N-ethyl adjacent to an activating group) is 1. The van der Waals surface area contributed by atoms with Crippen LogP contribution in [0.5, 0.6) is 0 Å². The average Bonchev–Trinajstić information content (AvgIpc) is 3.16. The maximum Gasteiger partial charge on any atom is 0.238 e. The highest BCUT2D eigenvalue weighted by Gasteiger charge is 2.31. The molecule has 104 valence electrons. The third kappa shape index (κ3) is 3.73. The first-order valence-corrected chi connectivity index (χ1v) is 6.42. The molecule has 2 rings (SSSR count). The lowest BCUT2D eigenvalue weighted by molar-refractivity contribution is -0.117. The smallest absolute Gasteiger partial charge is 0.238 e. The van der Waals surface area contributed by atoms with Gasteiger partial charge in [-0.15, -0.1) is 0 Å². The molecule has 0 aliphatic heterocycles. The number of nitrogens with one attached hydrogen (secondary N) is 1. The topological polar surface area (TPSA) is 32.3 Å². The Kier molecular flexibility index (Phi) is 4.14. The van der Waals surface area contributed by atoms with Gasteiger partial charge in [-0.25, -0.2) is 8.78 Å². The summed E-state index contributed by atoms with van der Waals surface area (Å²) in [6, 6.07) is 3.34. The number of carbonyl (C=O) groups excluding carboxylic acids is 1. The molecule has 0 heterocycles. The van der Waals surface area contributed by atoms with Crippen molar-refractivity contribution in [1.29, 1.82) is 0 Å². The lowest BCUT2D eigenvalue weighted by Gasteiger charge is -2.23. The number of carbonyl (C=O) groups is 1. The van der Waals surface area contributed by atoms with Crippen LogP contribution in [-0.2, 0) is 4.79 Å². The largest absolute Gasteiger partial charge is 0.322 e. The van der Waals surface area contributed by atoms with Gasteiger partial charge in [0.1, 0.15) is 11.6 Å². The molecule has 19 heavy (non-hydrogen) atoms. The molecule has 3 nitrogen and oxygen atoms in total. The van der Waals surface area contributed by atoms with Crippen molar-refractivity contribution in [3.63, 3.8) is 0 Å². The Hall–Kier alpha value is -1.49. The molecular formula is C14H18F2N2O. The molecule has 0 aromatic heterocycles. The van der Waals surface area contributed by atoms with Crippen molar-refractivity contribution in [2.75, 3.05) is 18.9 Å². The third-order valence-corrected chi connectivity index (χ3v) is 3.59. The van der Waals surface area contributed by atoms with Crippen LogP contribution < -0.4 is 5.32 Å². The minimum absolute atomic E-state index is 0.113. The van der Waals surface area contributed by atoms with Gasteiger partial charge in [-0.3, -0.25) is 9.69 Å². The second-order valence-electron chi connectivity index (χ2n) is 5.17. The predicted molar refractivity (Wildman–Crippen MR) is 69.8 cm³/mol. The summed E-state index contributed by atoms with van der Waals surface area (Å²) in [6.07, 6.45) is 2.40. The van der Waals surface area contributed by atoms with Gasteiger partial charge in [0.05, 0.1) is 12.2 Å². The number of hydrogen-bond donors (Lipinski definition) is 1. The molecule has 1 aliphatic carbocycles. The van der Waals surface area contributed by atoms with E-state index in [0.29, 0.717) is 12.0 Å². The monoisotopic (exact) mass is 268 g/mol. The van der Waals surface area contributed by atoms with Crippen LogP contribution in [-0.4, -0.2) is 30.4 Å². The molecule has 0 radical (unpaired) electrons. The quantitative estimate of drug-likeness (QED) is 0.890. The van der Waals surface area contributed by atoms with Crippen LogP contribution in [0.3, 0.4) is 0 Å². The normalized spacial score (nSPS) is 16.5. The fraction of sp³-hybridized carbons (Fsp3) is 0.500. The summed E-state index contributed by atoms with van der Waals surface area (Å²) >= 11 is 0. The van der Waals surface area contributed by atoms with Crippen LogP contribution in [0.4, 0.5) is 14.5 Å². The Labute approximate surface area is 111 Å². The van der Waals surface area contributed by atoms with Gasteiger partial charge in [0, 0.05) is 12.1 Å². The van der Waals surface area contributed by atoms with Crippen LogP contribution in [0.2, 0.25) is 0 Å². The third-order valence-electron chi connectivity index (χ3n) is 3.59. The highest BCUT2D eigenvalue weighted by Crippen LogP contribution is 2.34. The minimum atomic E-state index is -0.632. The van der Waals surface area contributed by atoms with Crippen molar-refractivity contribution in [2.45, 2.75) is 25.8 Å². The van der Waals surface area contributed by atoms with Crippen molar-refractivity contribution >= 4 is 11.6 Å². The molecule has 5 heteroatoms. The van der Waals surface area contributed by atoms with Gasteiger partial charge in [0.2, 0.25) is 5.91 Å². The van der Waals surface area contributed by atoms with Crippen molar-refractivity contribution < 1.29 is 13.6 Å². The lowest BCUT2D eigenvalue weighted by atomic mass is 10.2. The van der Waals surface area contributed by atoms with Crippen LogP contribution in [0, 0.1) is 17.6 Å². The Morgan fingerprint density at radius 1 is 1.47 bits per heavy atom. The molecule has 0 saturated heterocycles. The maximum atomic E-state index is 13.4. The van der Waals surface area contributed by atoms with Crippen LogP contribution >= 0.6 is 0 Å². The first kappa shape index (κ1) is 13.9. The molecule has 1 amide bonds. The van der Waals surface area contributed by atoms with E-state index >= 15 is 0 Å². The van der Waals surface area contributed by atoms with Gasteiger partial charge < -0.3 is 5.32 Å². The van der Waals surface area contributed by atoms with Crippen molar-refractivity contribution in [1.82, 2.24) is 4.90 Å². The number of halogens is 2. The second-order valence-corrected chi connectivity index (χ2v) is 5.17. The van der Waals surface area contributed by atoms with Gasteiger partial charge in [-0.2, -0.15) is 0 Å². The summed E-state index contributed by atoms with van der Waals surface area (Å²) in [5, 5.41) is 2.40. The zero-order valence-electron chi connectivity index (χ0n) is 11.1. The van der Waals surface area contributed by atoms with Crippen LogP contribution in [0.1, 0.15) is 19.8 Å². The van der Waals surface area contributed by atoms with E-state index in [1.165, 1.54) is 12.8 Å². The highest BCUT2D eigenvalue weighted by molar-refractivity contribution is 5.92. The molecule has 1 saturated carbocycles. The molecule has 0 spiro atoms. The van der Waals surface area contributed by atoms with Gasteiger partial charge in [-0.1, -0.05) is 0 Å². The van der Waals surface area contributed by atoms with Crippen molar-refractivity contribution in [3.8, 4) is 0 Å². The van der Waals surface area contributed by atoms with Crippen molar-refractivity contribution in [2.24, 2.45) is 5.92 Å². The minimum Gasteiger partial charge on any atom is -0.322 e. The zero-order chi connectivity index (χ0) is 14.0. The Bertz CT molecular complexity index is 475. The summed E-state index contributed by atoms with van der Waals surface area (Å²) in [5.41, 5.74) is -0.113. The number of amides is 1. The summed E-state index contributed by atoms with van der Waals surface area (Å²) < 4.78 is 26.3. The lowest BCUT2D eigenvalue weighted by Crippen LogP contribution is -2.37. The molecule has 1 aromatic rings. The first-order valence-electron chi connectivity index (χ1n) is 6.42. The van der Waals surface area contributed by atoms with Gasteiger partial charge in [-0.05, 0) is 44.9 Å². The van der Waals surface area contributed by atoms with E-state index < -0.39 is 11.6 Å². The fourth-order valence-electron chi connectivity index (χ4n) is 2.09. The summed E-state index contributed by atoms with van der Waals surface area (Å²) in [4.78, 5) is 13.7. The van der Waals surface area contributed by atoms with Gasteiger partial charge >= 0.3 is 0 Å². The summed E-state index contributed by atoms with van der Waals surface area (Å²) in [6.45, 7) is 2.25. The molecule has 1 fully saturated rings. The van der Waals surface area contributed by atoms with E-state index in [-0.39, 0.29) is 18.1 Å². The van der Waals surface area contributed by atoms with E-state index in [9.17, 15) is 13.6 Å². The maximum absolute atomic E-state index is 13.4. The number of hydrogen-bond acceptors (Lipinski definition) is 2. The van der Waals surface area contributed by atoms with E-state index in [0.717, 1.165) is 18.2 Å². The number of nitrogens with zero attached hydrogens (tertiary/aromatic N) is 1. The molecule has 1 aliphatic rings. The Morgan fingerprint density at radius 3 is 2.79 bits per heavy atom. The highest BCUT2D eigenvalue weighted by atomic mass is 19.1. The summed E-state index contributed by atoms with van der Waals surface area (Å²) in [5.74, 6) is -0.882. The Balaban J connectivity index is 1.91. The zero-order valence-corrected chi connectivity index (χ0v) is 11.1. The number of rotatable bonds is 5. The standard InChI is InChI=1S/C14H18F2N2O/c1-9(10-3-4-10)18(2)8-14(19)17-13-7-11(15)5-6-12(13)16/h5-7,9-10H,3-4,8H2,1-2H3,(H,17,19). The van der Waals surface area contributed by atoms with E-state index in [1.807, 2.05) is 11.9 Å². The number of anilines is 1. The second kappa shape index (κ2) is 5.65. The predicted octanol–water partition coefficient (Wildman–Crippen LogP) is 2.63. The molecule has 1 N–H and O–H groups in total. The number of benzene rings is 1. The Morgan fingerprint density at radius 2 is 2.16 bits per heavy atom. The average molecular weight is 268 g/mol. The SMILES string of the molecule is CC(C1CC1)N(C)CC(=O)Nc1cc(F)ccc1F. The van der Waals surface area contributed by atoms with Gasteiger partial charge in [0.25, 0.3) is 0 Å². The van der Waals surface area contributed by atoms with Crippen LogP contribution in [0.25, 0.3) is 0 Å². The molecule has 0 bridgehead atoms. The molecule has 1 unspecified atom stereocenters. The fourth-order valence-corrected chi connectivity index (χ4v) is 2.09.